The molecule has 1 aromatic heterocycles. The normalized spacial score (nSPS) is 8.77. The summed E-state index contributed by atoms with van der Waals surface area (Å²) in [7, 11) is 1.30. The van der Waals surface area contributed by atoms with Gasteiger partial charge in [0, 0.05) is 4.47 Å². The lowest BCUT2D eigenvalue weighted by Crippen LogP contribution is -2.04. The van der Waals surface area contributed by atoms with Crippen molar-refractivity contribution in [2.24, 2.45) is 0 Å². The number of anilines is 1. The molecule has 0 saturated carbocycles. The molecule has 0 radical (unpaired) electrons. The van der Waals surface area contributed by atoms with Gasteiger partial charge in [-0.15, -0.1) is 12.4 Å². The quantitative estimate of drug-likeness (QED) is 0.786. The number of aromatic nitrogens is 1. The van der Waals surface area contributed by atoms with Crippen LogP contribution in [0.25, 0.3) is 0 Å². The molecule has 0 aliphatic rings. The van der Waals surface area contributed by atoms with Crippen molar-refractivity contribution in [2.45, 2.75) is 0 Å². The number of methoxy groups -OCH3 is 1. The third-order valence-corrected chi connectivity index (χ3v) is 1.96. The number of carbonyl (C=O) groups is 1. The second kappa shape index (κ2) is 5.04. The topological polar surface area (TPSA) is 65.2 Å². The van der Waals surface area contributed by atoms with Crippen molar-refractivity contribution in [3.8, 4) is 0 Å². The molecule has 1 heterocycles. The van der Waals surface area contributed by atoms with Crippen molar-refractivity contribution in [3.05, 3.63) is 22.4 Å². The van der Waals surface area contributed by atoms with Crippen LogP contribution in [0, 0.1) is 0 Å². The van der Waals surface area contributed by atoms with Crippen LogP contribution < -0.4 is 5.73 Å². The van der Waals surface area contributed by atoms with Crippen molar-refractivity contribution < 1.29 is 9.53 Å². The van der Waals surface area contributed by atoms with Gasteiger partial charge in [-0.2, -0.15) is 0 Å². The Morgan fingerprint density at radius 3 is 2.77 bits per heavy atom. The molecule has 6 heteroatoms. The summed E-state index contributed by atoms with van der Waals surface area (Å²) in [6.07, 6.45) is 1.40. The number of nitrogen functional groups attached to an aromatic ring is 1. The van der Waals surface area contributed by atoms with Crippen LogP contribution in [0.2, 0.25) is 0 Å². The highest BCUT2D eigenvalue weighted by Crippen LogP contribution is 2.18. The maximum Gasteiger partial charge on any atom is 0.356 e. The molecule has 13 heavy (non-hydrogen) atoms. The molecule has 0 amide bonds. The first-order valence-electron chi connectivity index (χ1n) is 3.14. The van der Waals surface area contributed by atoms with Crippen LogP contribution >= 0.6 is 28.3 Å². The van der Waals surface area contributed by atoms with Gasteiger partial charge >= 0.3 is 5.97 Å². The van der Waals surface area contributed by atoms with E-state index in [1.54, 1.807) is 0 Å². The van der Waals surface area contributed by atoms with E-state index in [0.29, 0.717) is 10.2 Å². The summed E-state index contributed by atoms with van der Waals surface area (Å²) < 4.78 is 5.10. The van der Waals surface area contributed by atoms with Gasteiger partial charge in [-0.05, 0) is 22.0 Å². The highest BCUT2D eigenvalue weighted by molar-refractivity contribution is 9.10. The molecule has 0 unspecified atom stereocenters. The van der Waals surface area contributed by atoms with Crippen molar-refractivity contribution in [1.82, 2.24) is 4.98 Å². The second-order valence-corrected chi connectivity index (χ2v) is 2.94. The average Bonchev–Trinajstić information content (AvgIpc) is 2.08. The first-order valence-corrected chi connectivity index (χ1v) is 3.93. The molecular formula is C7H8BrClN2O2. The van der Waals surface area contributed by atoms with Gasteiger partial charge in [0.2, 0.25) is 0 Å². The fourth-order valence-corrected chi connectivity index (χ4v) is 0.977. The van der Waals surface area contributed by atoms with E-state index >= 15 is 0 Å². The zero-order valence-corrected chi connectivity index (χ0v) is 9.18. The number of esters is 1. The Kier molecular flexibility index (Phi) is 4.72. The number of rotatable bonds is 1. The van der Waals surface area contributed by atoms with Crippen molar-refractivity contribution in [2.75, 3.05) is 12.8 Å². The summed E-state index contributed by atoms with van der Waals surface area (Å²) in [6, 6.07) is 1.52. The molecule has 0 aliphatic heterocycles. The fourth-order valence-electron chi connectivity index (χ4n) is 0.658. The molecule has 1 rings (SSSR count). The lowest BCUT2D eigenvalue weighted by Gasteiger charge is -2.00. The summed E-state index contributed by atoms with van der Waals surface area (Å²) >= 11 is 3.17. The Morgan fingerprint density at radius 1 is 1.69 bits per heavy atom. The van der Waals surface area contributed by atoms with Crippen molar-refractivity contribution in [3.63, 3.8) is 0 Å². The zero-order valence-electron chi connectivity index (χ0n) is 6.78. The van der Waals surface area contributed by atoms with E-state index in [0.717, 1.165) is 0 Å². The van der Waals surface area contributed by atoms with Gasteiger partial charge in [0.05, 0.1) is 19.0 Å². The predicted octanol–water partition coefficient (Wildman–Crippen LogP) is 1.63. The Hall–Kier alpha value is -0.810. The molecule has 72 valence electrons. The fraction of sp³-hybridized carbons (Fsp3) is 0.143. The van der Waals surface area contributed by atoms with Crippen LogP contribution in [0.3, 0.4) is 0 Å². The molecule has 4 nitrogen and oxygen atoms in total. The Bertz CT molecular complexity index is 319. The molecule has 0 atom stereocenters. The van der Waals surface area contributed by atoms with E-state index in [1.165, 1.54) is 19.4 Å². The van der Waals surface area contributed by atoms with Crippen LogP contribution in [0.4, 0.5) is 5.69 Å². The number of hydrogen-bond donors (Lipinski definition) is 1. The molecule has 2 N–H and O–H groups in total. The van der Waals surface area contributed by atoms with Crippen molar-refractivity contribution in [1.29, 1.82) is 0 Å². The number of ether oxygens (including phenoxy) is 1. The highest BCUT2D eigenvalue weighted by atomic mass is 79.9. The monoisotopic (exact) mass is 266 g/mol. The third-order valence-electron chi connectivity index (χ3n) is 1.28. The van der Waals surface area contributed by atoms with Gasteiger partial charge in [0.25, 0.3) is 0 Å². The standard InChI is InChI=1S/C7H7BrN2O2.ClH/c1-12-7(11)6-2-4(8)5(9)3-10-6;/h2-3H,9H2,1H3;1H. The van der Waals surface area contributed by atoms with Crippen LogP contribution in [-0.2, 0) is 4.74 Å². The minimum absolute atomic E-state index is 0. The van der Waals surface area contributed by atoms with Gasteiger partial charge in [-0.3, -0.25) is 0 Å². The van der Waals surface area contributed by atoms with E-state index in [-0.39, 0.29) is 18.1 Å². The lowest BCUT2D eigenvalue weighted by atomic mass is 10.3. The first-order chi connectivity index (χ1) is 5.65. The first kappa shape index (κ1) is 12.2. The maximum absolute atomic E-state index is 10.9. The summed E-state index contributed by atoms with van der Waals surface area (Å²) in [4.78, 5) is 14.7. The number of nitrogens with two attached hydrogens (primary N) is 1. The summed E-state index contributed by atoms with van der Waals surface area (Å²) in [5.41, 5.74) is 6.19. The third kappa shape index (κ3) is 2.86. The van der Waals surface area contributed by atoms with Gasteiger partial charge < -0.3 is 10.5 Å². The lowest BCUT2D eigenvalue weighted by molar-refractivity contribution is 0.0594. The van der Waals surface area contributed by atoms with E-state index < -0.39 is 5.97 Å². The van der Waals surface area contributed by atoms with E-state index in [2.05, 4.69) is 25.7 Å². The van der Waals surface area contributed by atoms with E-state index in [1.807, 2.05) is 0 Å². The number of pyridine rings is 1. The van der Waals surface area contributed by atoms with E-state index in [9.17, 15) is 4.79 Å². The Balaban J connectivity index is 0.00000144. The zero-order chi connectivity index (χ0) is 9.14. The van der Waals surface area contributed by atoms with Gasteiger partial charge in [-0.25, -0.2) is 9.78 Å². The minimum Gasteiger partial charge on any atom is -0.464 e. The smallest absolute Gasteiger partial charge is 0.356 e. The number of nitrogens with zero attached hydrogens (tertiary/aromatic N) is 1. The van der Waals surface area contributed by atoms with Crippen LogP contribution in [0.5, 0.6) is 0 Å². The molecule has 0 aromatic carbocycles. The minimum atomic E-state index is -0.476. The second-order valence-electron chi connectivity index (χ2n) is 2.08. The predicted molar refractivity (Wildman–Crippen MR) is 54.9 cm³/mol. The number of hydrogen-bond acceptors (Lipinski definition) is 4. The van der Waals surface area contributed by atoms with Crippen LogP contribution in [0.1, 0.15) is 10.5 Å². The van der Waals surface area contributed by atoms with Crippen molar-refractivity contribution >= 4 is 40.0 Å². The molecule has 0 spiro atoms. The van der Waals surface area contributed by atoms with Gasteiger partial charge in [0.1, 0.15) is 5.69 Å². The molecule has 0 bridgehead atoms. The summed E-state index contributed by atoms with van der Waals surface area (Å²) in [6.45, 7) is 0. The van der Waals surface area contributed by atoms with E-state index in [4.69, 9.17) is 5.73 Å². The Labute approximate surface area is 90.0 Å². The van der Waals surface area contributed by atoms with Crippen LogP contribution in [-0.4, -0.2) is 18.1 Å². The maximum atomic E-state index is 10.9. The Morgan fingerprint density at radius 2 is 2.31 bits per heavy atom. The van der Waals surface area contributed by atoms with Crippen LogP contribution in [0.15, 0.2) is 16.7 Å². The highest BCUT2D eigenvalue weighted by Gasteiger charge is 2.07. The largest absolute Gasteiger partial charge is 0.464 e. The van der Waals surface area contributed by atoms with Gasteiger partial charge in [0.15, 0.2) is 0 Å². The summed E-state index contributed by atoms with van der Waals surface area (Å²) in [5, 5.41) is 0. The summed E-state index contributed by atoms with van der Waals surface area (Å²) in [5.74, 6) is -0.476. The van der Waals surface area contributed by atoms with Gasteiger partial charge in [-0.1, -0.05) is 0 Å². The number of carbonyl (C=O) groups excluding carboxylic acids is 1. The molecule has 0 fully saturated rings. The SMILES string of the molecule is COC(=O)c1cc(Br)c(N)cn1.Cl. The number of halogens is 2. The molecule has 0 saturated heterocycles. The molecular weight excluding hydrogens is 259 g/mol. The average molecular weight is 268 g/mol. The molecule has 1 aromatic rings. The molecule has 0 aliphatic carbocycles.